The molecular weight excluding hydrogens is 294 g/mol. The smallest absolute Gasteiger partial charge is 0.325 e. The monoisotopic (exact) mass is 312 g/mol. The first-order valence-corrected chi connectivity index (χ1v) is 6.94. The zero-order chi connectivity index (χ0) is 16.7. The molecule has 0 spiro atoms. The van der Waals surface area contributed by atoms with Gasteiger partial charge in [0.2, 0.25) is 0 Å². The summed E-state index contributed by atoms with van der Waals surface area (Å²) in [5.41, 5.74) is -1.36. The molecule has 0 aromatic heterocycles. The van der Waals surface area contributed by atoms with E-state index in [-0.39, 0.29) is 11.5 Å². The van der Waals surface area contributed by atoms with Crippen LogP contribution in [0.5, 0.6) is 0 Å². The molecule has 1 fully saturated rings. The molecule has 7 heteroatoms. The van der Waals surface area contributed by atoms with E-state index in [0.717, 1.165) is 23.1 Å². The molecule has 1 aromatic rings. The third-order valence-corrected chi connectivity index (χ3v) is 4.13. The first-order valence-electron chi connectivity index (χ1n) is 6.94. The first kappa shape index (κ1) is 16.4. The highest BCUT2D eigenvalue weighted by Crippen LogP contribution is 2.28. The highest BCUT2D eigenvalue weighted by atomic mass is 19.1. The third kappa shape index (κ3) is 2.68. The lowest BCUT2D eigenvalue weighted by molar-refractivity contribution is -0.133. The number of aliphatic hydroxyl groups is 1. The Hall–Kier alpha value is -2.02. The lowest BCUT2D eigenvalue weighted by atomic mass is 9.88. The number of aliphatic hydroxyl groups excluding tert-OH is 1. The number of hydrogen-bond acceptors (Lipinski definition) is 3. The largest absolute Gasteiger partial charge is 0.386 e. The van der Waals surface area contributed by atoms with E-state index in [1.165, 1.54) is 0 Å². The van der Waals surface area contributed by atoms with Crippen molar-refractivity contribution in [3.05, 3.63) is 35.4 Å². The molecule has 3 amide bonds. The molecule has 1 saturated heterocycles. The van der Waals surface area contributed by atoms with E-state index in [9.17, 15) is 23.5 Å². The van der Waals surface area contributed by atoms with Gasteiger partial charge in [-0.25, -0.2) is 13.6 Å². The van der Waals surface area contributed by atoms with E-state index < -0.39 is 41.8 Å². The van der Waals surface area contributed by atoms with Crippen LogP contribution in [0.1, 0.15) is 32.4 Å². The third-order valence-electron chi connectivity index (χ3n) is 4.13. The molecule has 1 aliphatic heterocycles. The Morgan fingerprint density at radius 1 is 1.32 bits per heavy atom. The number of amides is 3. The van der Waals surface area contributed by atoms with E-state index in [2.05, 4.69) is 5.32 Å². The minimum atomic E-state index is -1.50. The molecule has 120 valence electrons. The average Bonchev–Trinajstić information content (AvgIpc) is 2.66. The normalized spacial score (nSPS) is 23.1. The molecular formula is C15H18F2N2O3. The van der Waals surface area contributed by atoms with Crippen LogP contribution in [-0.2, 0) is 4.79 Å². The fourth-order valence-corrected chi connectivity index (χ4v) is 2.31. The van der Waals surface area contributed by atoms with Crippen molar-refractivity contribution in [1.82, 2.24) is 10.2 Å². The van der Waals surface area contributed by atoms with Crippen molar-refractivity contribution in [1.29, 1.82) is 0 Å². The van der Waals surface area contributed by atoms with Gasteiger partial charge in [-0.05, 0) is 31.0 Å². The molecule has 0 unspecified atom stereocenters. The van der Waals surface area contributed by atoms with E-state index in [1.54, 1.807) is 20.8 Å². The number of halogens is 2. The van der Waals surface area contributed by atoms with Crippen LogP contribution in [0, 0.1) is 17.6 Å². The Morgan fingerprint density at radius 3 is 2.50 bits per heavy atom. The van der Waals surface area contributed by atoms with Gasteiger partial charge < -0.3 is 10.4 Å². The number of imide groups is 1. The molecule has 1 heterocycles. The molecule has 1 aromatic carbocycles. The fourth-order valence-electron chi connectivity index (χ4n) is 2.31. The van der Waals surface area contributed by atoms with Gasteiger partial charge in [0.05, 0.1) is 6.54 Å². The second-order valence-corrected chi connectivity index (χ2v) is 5.88. The van der Waals surface area contributed by atoms with Gasteiger partial charge >= 0.3 is 6.03 Å². The Bertz CT molecular complexity index is 621. The first-order chi connectivity index (χ1) is 10.2. The van der Waals surface area contributed by atoms with Crippen LogP contribution >= 0.6 is 0 Å². The maximum Gasteiger partial charge on any atom is 0.325 e. The summed E-state index contributed by atoms with van der Waals surface area (Å²) in [7, 11) is 0. The second kappa shape index (κ2) is 5.64. The number of urea groups is 1. The summed E-state index contributed by atoms with van der Waals surface area (Å²) in [6.45, 7) is 4.72. The van der Waals surface area contributed by atoms with Crippen LogP contribution in [0.25, 0.3) is 0 Å². The number of nitrogens with one attached hydrogen (secondary N) is 1. The van der Waals surface area contributed by atoms with Gasteiger partial charge in [0.25, 0.3) is 5.91 Å². The quantitative estimate of drug-likeness (QED) is 0.835. The molecule has 0 radical (unpaired) electrons. The van der Waals surface area contributed by atoms with Crippen molar-refractivity contribution in [2.75, 3.05) is 6.54 Å². The lowest BCUT2D eigenvalue weighted by Gasteiger charge is -2.26. The Kier molecular flexibility index (Phi) is 4.19. The molecule has 2 N–H and O–H groups in total. The number of β-amino-alcohol motifs (C(OH)–C–C–N with tert-alkyl or cyclic N) is 1. The summed E-state index contributed by atoms with van der Waals surface area (Å²) in [4.78, 5) is 25.1. The summed E-state index contributed by atoms with van der Waals surface area (Å²) in [5.74, 6) is -2.16. The van der Waals surface area contributed by atoms with Crippen molar-refractivity contribution >= 4 is 11.9 Å². The van der Waals surface area contributed by atoms with E-state index in [0.29, 0.717) is 0 Å². The molecule has 2 atom stereocenters. The van der Waals surface area contributed by atoms with Crippen LogP contribution in [0.3, 0.4) is 0 Å². The zero-order valence-corrected chi connectivity index (χ0v) is 12.6. The van der Waals surface area contributed by atoms with Crippen LogP contribution in [0.2, 0.25) is 0 Å². The molecule has 0 aliphatic carbocycles. The summed E-state index contributed by atoms with van der Waals surface area (Å²) in [6.07, 6.45) is -1.50. The van der Waals surface area contributed by atoms with Crippen LogP contribution in [0.15, 0.2) is 18.2 Å². The average molecular weight is 312 g/mol. The van der Waals surface area contributed by atoms with Crippen LogP contribution in [-0.4, -0.2) is 34.0 Å². The standard InChI is InChI=1S/C15H18F2N2O3/c1-8(2)15(3)13(21)19(14(22)18-15)7-12(20)10-6-9(16)4-5-11(10)17/h4-6,8,12,20H,7H2,1-3H3,(H,18,22)/t12-,15+/m1/s1. The minimum Gasteiger partial charge on any atom is -0.386 e. The van der Waals surface area contributed by atoms with Gasteiger partial charge in [0.1, 0.15) is 23.3 Å². The SMILES string of the molecule is CC(C)[C@]1(C)NC(=O)N(C[C@@H](O)c2cc(F)ccc2F)C1=O. The van der Waals surface area contributed by atoms with Crippen molar-refractivity contribution in [2.45, 2.75) is 32.4 Å². The highest BCUT2D eigenvalue weighted by molar-refractivity contribution is 6.07. The van der Waals surface area contributed by atoms with Gasteiger partial charge in [0.15, 0.2) is 0 Å². The molecule has 0 saturated carbocycles. The number of hydrogen-bond donors (Lipinski definition) is 2. The van der Waals surface area contributed by atoms with Gasteiger partial charge in [-0.2, -0.15) is 0 Å². The number of benzene rings is 1. The molecule has 5 nitrogen and oxygen atoms in total. The summed E-state index contributed by atoms with van der Waals surface area (Å²) in [6, 6.07) is 2.00. The predicted octanol–water partition coefficient (Wildman–Crippen LogP) is 1.96. The summed E-state index contributed by atoms with van der Waals surface area (Å²) < 4.78 is 26.8. The van der Waals surface area contributed by atoms with Crippen molar-refractivity contribution < 1.29 is 23.5 Å². The molecule has 0 bridgehead atoms. The predicted molar refractivity (Wildman–Crippen MR) is 74.8 cm³/mol. The second-order valence-electron chi connectivity index (χ2n) is 5.88. The fraction of sp³-hybridized carbons (Fsp3) is 0.467. The zero-order valence-electron chi connectivity index (χ0n) is 12.6. The van der Waals surface area contributed by atoms with E-state index in [1.807, 2.05) is 0 Å². The van der Waals surface area contributed by atoms with Gasteiger partial charge in [0, 0.05) is 5.56 Å². The Balaban J connectivity index is 2.22. The highest BCUT2D eigenvalue weighted by Gasteiger charge is 2.50. The number of nitrogens with zero attached hydrogens (tertiary/aromatic N) is 1. The number of carbonyl (C=O) groups is 2. The maximum atomic E-state index is 13.6. The summed E-state index contributed by atoms with van der Waals surface area (Å²) >= 11 is 0. The van der Waals surface area contributed by atoms with Crippen LogP contribution in [0.4, 0.5) is 13.6 Å². The van der Waals surface area contributed by atoms with E-state index in [4.69, 9.17) is 0 Å². The molecule has 1 aliphatic rings. The lowest BCUT2D eigenvalue weighted by Crippen LogP contribution is -2.48. The topological polar surface area (TPSA) is 69.6 Å². The van der Waals surface area contributed by atoms with Crippen molar-refractivity contribution in [3.63, 3.8) is 0 Å². The van der Waals surface area contributed by atoms with Gasteiger partial charge in [-0.3, -0.25) is 9.69 Å². The van der Waals surface area contributed by atoms with Crippen molar-refractivity contribution in [2.24, 2.45) is 5.92 Å². The van der Waals surface area contributed by atoms with Crippen LogP contribution < -0.4 is 5.32 Å². The number of carbonyl (C=O) groups excluding carboxylic acids is 2. The maximum absolute atomic E-state index is 13.6. The minimum absolute atomic E-state index is 0.156. The molecule has 2 rings (SSSR count). The summed E-state index contributed by atoms with van der Waals surface area (Å²) in [5, 5.41) is 12.6. The Labute approximate surface area is 126 Å². The van der Waals surface area contributed by atoms with E-state index >= 15 is 0 Å². The molecule has 22 heavy (non-hydrogen) atoms. The van der Waals surface area contributed by atoms with Gasteiger partial charge in [-0.15, -0.1) is 0 Å². The van der Waals surface area contributed by atoms with Crippen molar-refractivity contribution in [3.8, 4) is 0 Å². The number of rotatable bonds is 4. The van der Waals surface area contributed by atoms with Gasteiger partial charge in [-0.1, -0.05) is 13.8 Å². The Morgan fingerprint density at radius 2 is 1.95 bits per heavy atom.